The first kappa shape index (κ1) is 17.7. The zero-order valence-corrected chi connectivity index (χ0v) is 16.2. The summed E-state index contributed by atoms with van der Waals surface area (Å²) in [6.45, 7) is 4.43. The number of aromatic nitrogens is 3. The van der Waals surface area contributed by atoms with Crippen LogP contribution in [0.3, 0.4) is 0 Å². The van der Waals surface area contributed by atoms with Gasteiger partial charge in [-0.3, -0.25) is 0 Å². The van der Waals surface area contributed by atoms with Gasteiger partial charge in [-0.05, 0) is 24.5 Å². The van der Waals surface area contributed by atoms with Gasteiger partial charge in [0.25, 0.3) is 5.22 Å². The molecule has 2 heterocycles. The molecule has 4 rings (SSSR count). The second kappa shape index (κ2) is 7.92. The summed E-state index contributed by atoms with van der Waals surface area (Å²) >= 11 is 1.61. The highest BCUT2D eigenvalue weighted by Gasteiger charge is 2.15. The van der Waals surface area contributed by atoms with Gasteiger partial charge in [-0.2, -0.15) is 0 Å². The first-order valence-electron chi connectivity index (χ1n) is 9.12. The van der Waals surface area contributed by atoms with Crippen molar-refractivity contribution in [3.8, 4) is 22.7 Å². The van der Waals surface area contributed by atoms with Crippen LogP contribution in [0.15, 0.2) is 70.3 Å². The number of fused-ring (bicyclic) bond motifs is 1. The van der Waals surface area contributed by atoms with Crippen molar-refractivity contribution in [1.29, 1.82) is 0 Å². The Labute approximate surface area is 163 Å². The number of para-hydroxylation sites is 1. The highest BCUT2D eigenvalue weighted by molar-refractivity contribution is 7.99. The van der Waals surface area contributed by atoms with E-state index in [1.807, 2.05) is 48.5 Å². The summed E-state index contributed by atoms with van der Waals surface area (Å²) in [5, 5.41) is 10.2. The maximum Gasteiger partial charge on any atom is 0.276 e. The van der Waals surface area contributed by atoms with E-state index in [1.165, 1.54) is 0 Å². The van der Waals surface area contributed by atoms with E-state index in [1.54, 1.807) is 11.8 Å². The Bertz CT molecular complexity index is 1040. The van der Waals surface area contributed by atoms with Gasteiger partial charge in [0.1, 0.15) is 0 Å². The van der Waals surface area contributed by atoms with Crippen molar-refractivity contribution in [2.75, 3.05) is 5.75 Å². The molecular formula is C22H21N3OS. The number of rotatable bonds is 6. The fourth-order valence-corrected chi connectivity index (χ4v) is 3.87. The van der Waals surface area contributed by atoms with Crippen LogP contribution in [0.4, 0.5) is 0 Å². The van der Waals surface area contributed by atoms with Crippen LogP contribution in [0.2, 0.25) is 0 Å². The fourth-order valence-electron chi connectivity index (χ4n) is 2.87. The van der Waals surface area contributed by atoms with Crippen LogP contribution in [-0.2, 0) is 0 Å². The van der Waals surface area contributed by atoms with E-state index in [2.05, 4.69) is 36.2 Å². The van der Waals surface area contributed by atoms with E-state index in [4.69, 9.17) is 9.40 Å². The van der Waals surface area contributed by atoms with E-state index in [0.717, 1.165) is 39.9 Å². The molecule has 0 unspecified atom stereocenters. The normalized spacial score (nSPS) is 11.4. The molecule has 0 fully saturated rings. The van der Waals surface area contributed by atoms with Crippen molar-refractivity contribution in [2.45, 2.75) is 25.5 Å². The SMILES string of the molecule is CC(C)CCSc1nnc(-c2cc(-c3ccccc3)nc3ccccc23)o1. The van der Waals surface area contributed by atoms with Gasteiger partial charge < -0.3 is 4.42 Å². The summed E-state index contributed by atoms with van der Waals surface area (Å²) in [6, 6.07) is 20.2. The molecule has 0 radical (unpaired) electrons. The van der Waals surface area contributed by atoms with E-state index in [9.17, 15) is 0 Å². The molecular weight excluding hydrogens is 354 g/mol. The lowest BCUT2D eigenvalue weighted by atomic mass is 10.0. The minimum atomic E-state index is 0.540. The lowest BCUT2D eigenvalue weighted by Gasteiger charge is -2.07. The van der Waals surface area contributed by atoms with E-state index >= 15 is 0 Å². The topological polar surface area (TPSA) is 51.8 Å². The molecule has 0 N–H and O–H groups in total. The minimum Gasteiger partial charge on any atom is -0.411 e. The highest BCUT2D eigenvalue weighted by atomic mass is 32.2. The highest BCUT2D eigenvalue weighted by Crippen LogP contribution is 2.32. The Morgan fingerprint density at radius 2 is 1.74 bits per heavy atom. The van der Waals surface area contributed by atoms with Gasteiger partial charge in [-0.25, -0.2) is 4.98 Å². The number of thioether (sulfide) groups is 1. The van der Waals surface area contributed by atoms with Crippen molar-refractivity contribution in [2.24, 2.45) is 5.92 Å². The van der Waals surface area contributed by atoms with E-state index in [-0.39, 0.29) is 0 Å². The molecule has 0 aliphatic rings. The molecule has 2 aromatic carbocycles. The van der Waals surface area contributed by atoms with Gasteiger partial charge in [0, 0.05) is 16.7 Å². The zero-order chi connectivity index (χ0) is 18.6. The van der Waals surface area contributed by atoms with Crippen molar-refractivity contribution in [3.63, 3.8) is 0 Å². The van der Waals surface area contributed by atoms with E-state index in [0.29, 0.717) is 17.0 Å². The first-order valence-corrected chi connectivity index (χ1v) is 10.1. The second-order valence-electron chi connectivity index (χ2n) is 6.84. The van der Waals surface area contributed by atoms with Crippen LogP contribution in [0.25, 0.3) is 33.6 Å². The quantitative estimate of drug-likeness (QED) is 0.382. The molecule has 0 aliphatic carbocycles. The van der Waals surface area contributed by atoms with Crippen LogP contribution in [-0.4, -0.2) is 20.9 Å². The van der Waals surface area contributed by atoms with Gasteiger partial charge in [0.2, 0.25) is 5.89 Å². The Balaban J connectivity index is 1.73. The van der Waals surface area contributed by atoms with Crippen molar-refractivity contribution < 1.29 is 4.42 Å². The van der Waals surface area contributed by atoms with Crippen LogP contribution in [0.5, 0.6) is 0 Å². The average Bonchev–Trinajstić information content (AvgIpc) is 3.16. The smallest absolute Gasteiger partial charge is 0.276 e. The molecule has 0 atom stereocenters. The largest absolute Gasteiger partial charge is 0.411 e. The van der Waals surface area contributed by atoms with Crippen LogP contribution >= 0.6 is 11.8 Å². The summed E-state index contributed by atoms with van der Waals surface area (Å²) < 4.78 is 5.96. The zero-order valence-electron chi connectivity index (χ0n) is 15.4. The Morgan fingerprint density at radius 1 is 0.963 bits per heavy atom. The van der Waals surface area contributed by atoms with Gasteiger partial charge in [-0.15, -0.1) is 10.2 Å². The molecule has 0 bridgehead atoms. The Morgan fingerprint density at radius 3 is 2.56 bits per heavy atom. The molecule has 0 spiro atoms. The summed E-state index contributed by atoms with van der Waals surface area (Å²) in [5.41, 5.74) is 3.80. The van der Waals surface area contributed by atoms with Crippen molar-refractivity contribution in [3.05, 3.63) is 60.7 Å². The molecule has 0 saturated heterocycles. The number of hydrogen-bond acceptors (Lipinski definition) is 5. The predicted octanol–water partition coefficient (Wildman–Crippen LogP) is 6.09. The molecule has 0 amide bonds. The van der Waals surface area contributed by atoms with Gasteiger partial charge in [-0.1, -0.05) is 74.1 Å². The molecule has 4 nitrogen and oxygen atoms in total. The van der Waals surface area contributed by atoms with Crippen LogP contribution in [0.1, 0.15) is 20.3 Å². The molecule has 5 heteroatoms. The minimum absolute atomic E-state index is 0.540. The van der Waals surface area contributed by atoms with Crippen molar-refractivity contribution >= 4 is 22.7 Å². The van der Waals surface area contributed by atoms with Gasteiger partial charge in [0.15, 0.2) is 0 Å². The summed E-state index contributed by atoms with van der Waals surface area (Å²) in [5.74, 6) is 2.18. The van der Waals surface area contributed by atoms with Gasteiger partial charge in [0.05, 0.1) is 16.8 Å². The standard InChI is InChI=1S/C22H21N3OS/c1-15(2)12-13-27-22-25-24-21(26-22)18-14-20(16-8-4-3-5-9-16)23-19-11-7-6-10-17(18)19/h3-11,14-15H,12-13H2,1-2H3. The third-order valence-corrected chi connectivity index (χ3v) is 5.20. The molecule has 27 heavy (non-hydrogen) atoms. The maximum atomic E-state index is 5.96. The van der Waals surface area contributed by atoms with E-state index < -0.39 is 0 Å². The lowest BCUT2D eigenvalue weighted by molar-refractivity contribution is 0.465. The monoisotopic (exact) mass is 375 g/mol. The molecule has 0 saturated carbocycles. The second-order valence-corrected chi connectivity index (χ2v) is 7.89. The maximum absolute atomic E-state index is 5.96. The molecule has 2 aromatic heterocycles. The average molecular weight is 375 g/mol. The molecule has 0 aliphatic heterocycles. The van der Waals surface area contributed by atoms with Crippen molar-refractivity contribution in [1.82, 2.24) is 15.2 Å². The summed E-state index contributed by atoms with van der Waals surface area (Å²) in [7, 11) is 0. The summed E-state index contributed by atoms with van der Waals surface area (Å²) in [6.07, 6.45) is 1.12. The third-order valence-electron chi connectivity index (χ3n) is 4.34. The predicted molar refractivity (Wildman–Crippen MR) is 111 cm³/mol. The van der Waals surface area contributed by atoms with Gasteiger partial charge >= 0.3 is 0 Å². The lowest BCUT2D eigenvalue weighted by Crippen LogP contribution is -1.90. The molecule has 136 valence electrons. The number of hydrogen-bond donors (Lipinski definition) is 0. The number of benzene rings is 2. The number of pyridine rings is 1. The first-order chi connectivity index (χ1) is 13.2. The Kier molecular flexibility index (Phi) is 5.21. The third kappa shape index (κ3) is 4.03. The molecule has 4 aromatic rings. The summed E-state index contributed by atoms with van der Waals surface area (Å²) in [4.78, 5) is 4.81. The van der Waals surface area contributed by atoms with Crippen LogP contribution < -0.4 is 0 Å². The Hall–Kier alpha value is -2.66. The van der Waals surface area contributed by atoms with Crippen LogP contribution in [0, 0.1) is 5.92 Å². The fraction of sp³-hybridized carbons (Fsp3) is 0.227. The number of nitrogens with zero attached hydrogens (tertiary/aromatic N) is 3.